The normalized spacial score (nSPS) is 10.4. The van der Waals surface area contributed by atoms with Gasteiger partial charge in [0.2, 0.25) is 0 Å². The van der Waals surface area contributed by atoms with Crippen LogP contribution in [0.1, 0.15) is 5.56 Å². The minimum atomic E-state index is -2.86. The van der Waals surface area contributed by atoms with Crippen LogP contribution in [0.2, 0.25) is 0 Å². The fourth-order valence-corrected chi connectivity index (χ4v) is 1.57. The van der Waals surface area contributed by atoms with E-state index in [0.29, 0.717) is 16.3 Å². The first-order valence-corrected chi connectivity index (χ1v) is 4.59. The molecule has 0 saturated heterocycles. The van der Waals surface area contributed by atoms with E-state index in [4.69, 9.17) is 5.26 Å². The molecule has 2 rings (SSSR count). The molecule has 0 heterocycles. The summed E-state index contributed by atoms with van der Waals surface area (Å²) in [5, 5.41) is 10.00. The predicted octanol–water partition coefficient (Wildman–Crippen LogP) is 3.31. The summed E-state index contributed by atoms with van der Waals surface area (Å²) in [6.45, 7) is -2.86. The van der Waals surface area contributed by atoms with Gasteiger partial charge in [-0.15, -0.1) is 0 Å². The number of alkyl halides is 2. The molecule has 0 spiro atoms. The Kier molecular flexibility index (Phi) is 2.69. The van der Waals surface area contributed by atoms with Gasteiger partial charge in [0.05, 0.1) is 11.6 Å². The van der Waals surface area contributed by atoms with Crippen LogP contribution in [0.15, 0.2) is 36.4 Å². The standard InChI is InChI=1S/C12H7F2NO/c13-12(14)16-11-6-5-8(7-15)9-3-1-2-4-10(9)11/h1-6,12H. The highest BCUT2D eigenvalue weighted by molar-refractivity contribution is 5.92. The smallest absolute Gasteiger partial charge is 0.387 e. The molecule has 2 nitrogen and oxygen atoms in total. The van der Waals surface area contributed by atoms with Crippen LogP contribution in [0.5, 0.6) is 5.75 Å². The van der Waals surface area contributed by atoms with Gasteiger partial charge in [-0.2, -0.15) is 14.0 Å². The number of fused-ring (bicyclic) bond motifs is 1. The molecule has 4 heteroatoms. The van der Waals surface area contributed by atoms with E-state index in [1.165, 1.54) is 12.1 Å². The fraction of sp³-hybridized carbons (Fsp3) is 0.0833. The summed E-state index contributed by atoms with van der Waals surface area (Å²) in [7, 11) is 0. The van der Waals surface area contributed by atoms with Crippen LogP contribution in [0.3, 0.4) is 0 Å². The van der Waals surface area contributed by atoms with Gasteiger partial charge in [-0.05, 0) is 12.1 Å². The van der Waals surface area contributed by atoms with Crippen molar-refractivity contribution in [3.63, 3.8) is 0 Å². The van der Waals surface area contributed by atoms with Crippen LogP contribution >= 0.6 is 0 Å². The number of hydrogen-bond acceptors (Lipinski definition) is 2. The fourth-order valence-electron chi connectivity index (χ4n) is 1.57. The van der Waals surface area contributed by atoms with Crippen LogP contribution in [0.25, 0.3) is 10.8 Å². The molecule has 0 atom stereocenters. The monoisotopic (exact) mass is 219 g/mol. The van der Waals surface area contributed by atoms with Gasteiger partial charge in [-0.1, -0.05) is 24.3 Å². The van der Waals surface area contributed by atoms with E-state index in [2.05, 4.69) is 4.74 Å². The van der Waals surface area contributed by atoms with Gasteiger partial charge in [0.1, 0.15) is 5.75 Å². The van der Waals surface area contributed by atoms with E-state index in [9.17, 15) is 8.78 Å². The lowest BCUT2D eigenvalue weighted by Crippen LogP contribution is -2.02. The summed E-state index contributed by atoms with van der Waals surface area (Å²) in [6.07, 6.45) is 0. The lowest BCUT2D eigenvalue weighted by molar-refractivity contribution is -0.0487. The average molecular weight is 219 g/mol. The lowest BCUT2D eigenvalue weighted by Gasteiger charge is -2.08. The van der Waals surface area contributed by atoms with E-state index in [1.807, 2.05) is 6.07 Å². The SMILES string of the molecule is N#Cc1ccc(OC(F)F)c2ccccc12. The van der Waals surface area contributed by atoms with Crippen LogP contribution < -0.4 is 4.74 Å². The van der Waals surface area contributed by atoms with Crippen molar-refractivity contribution >= 4 is 10.8 Å². The molecular weight excluding hydrogens is 212 g/mol. The van der Waals surface area contributed by atoms with Gasteiger partial charge in [-0.25, -0.2) is 0 Å². The first-order chi connectivity index (χ1) is 7.72. The highest BCUT2D eigenvalue weighted by atomic mass is 19.3. The summed E-state index contributed by atoms with van der Waals surface area (Å²) in [5.41, 5.74) is 0.442. The summed E-state index contributed by atoms with van der Waals surface area (Å²) >= 11 is 0. The largest absolute Gasteiger partial charge is 0.434 e. The van der Waals surface area contributed by atoms with Crippen molar-refractivity contribution in [2.45, 2.75) is 6.61 Å². The van der Waals surface area contributed by atoms with Gasteiger partial charge >= 0.3 is 6.61 Å². The van der Waals surface area contributed by atoms with Gasteiger partial charge in [0.15, 0.2) is 0 Å². The third-order valence-corrected chi connectivity index (χ3v) is 2.22. The molecule has 2 aromatic rings. The van der Waals surface area contributed by atoms with Gasteiger partial charge < -0.3 is 4.74 Å². The first kappa shape index (κ1) is 10.4. The summed E-state index contributed by atoms with van der Waals surface area (Å²) in [5.74, 6) is 0.0876. The second-order valence-corrected chi connectivity index (χ2v) is 3.15. The second kappa shape index (κ2) is 4.15. The Morgan fingerprint density at radius 3 is 2.38 bits per heavy atom. The third kappa shape index (κ3) is 1.80. The highest BCUT2D eigenvalue weighted by Crippen LogP contribution is 2.29. The molecule has 0 unspecified atom stereocenters. The quantitative estimate of drug-likeness (QED) is 0.776. The molecule has 16 heavy (non-hydrogen) atoms. The molecule has 0 aliphatic rings. The second-order valence-electron chi connectivity index (χ2n) is 3.15. The number of hydrogen-bond donors (Lipinski definition) is 0. The highest BCUT2D eigenvalue weighted by Gasteiger charge is 2.10. The van der Waals surface area contributed by atoms with Crippen molar-refractivity contribution in [3.05, 3.63) is 42.0 Å². The summed E-state index contributed by atoms with van der Waals surface area (Å²) in [6, 6.07) is 11.7. The van der Waals surface area contributed by atoms with Crippen LogP contribution in [0.4, 0.5) is 8.78 Å². The zero-order valence-corrected chi connectivity index (χ0v) is 8.15. The summed E-state index contributed by atoms with van der Waals surface area (Å²) < 4.78 is 28.7. The summed E-state index contributed by atoms with van der Waals surface area (Å²) in [4.78, 5) is 0. The van der Waals surface area contributed by atoms with Gasteiger partial charge in [-0.3, -0.25) is 0 Å². The maximum Gasteiger partial charge on any atom is 0.387 e. The molecule has 0 radical (unpaired) electrons. The number of ether oxygens (including phenoxy) is 1. The maximum absolute atomic E-state index is 12.1. The van der Waals surface area contributed by atoms with Gasteiger partial charge in [0, 0.05) is 10.8 Å². The van der Waals surface area contributed by atoms with E-state index in [-0.39, 0.29) is 5.75 Å². The molecule has 80 valence electrons. The molecule has 0 fully saturated rings. The number of nitrogens with zero attached hydrogens (tertiary/aromatic N) is 1. The zero-order chi connectivity index (χ0) is 11.5. The van der Waals surface area contributed by atoms with Crippen molar-refractivity contribution in [3.8, 4) is 11.8 Å². The number of benzene rings is 2. The molecular formula is C12H7F2NO. The topological polar surface area (TPSA) is 33.0 Å². The van der Waals surface area contributed by atoms with E-state index < -0.39 is 6.61 Å². The van der Waals surface area contributed by atoms with E-state index >= 15 is 0 Å². The Hall–Kier alpha value is -2.15. The molecule has 0 aliphatic carbocycles. The molecule has 0 aliphatic heterocycles. The lowest BCUT2D eigenvalue weighted by atomic mass is 10.0. The van der Waals surface area contributed by atoms with Crippen LogP contribution in [-0.4, -0.2) is 6.61 Å². The maximum atomic E-state index is 12.1. The number of nitriles is 1. The Morgan fingerprint density at radius 2 is 1.75 bits per heavy atom. The van der Waals surface area contributed by atoms with E-state index in [1.54, 1.807) is 24.3 Å². The van der Waals surface area contributed by atoms with Crippen molar-refractivity contribution in [2.75, 3.05) is 0 Å². The molecule has 2 aromatic carbocycles. The molecule has 0 saturated carbocycles. The average Bonchev–Trinajstić information content (AvgIpc) is 2.29. The van der Waals surface area contributed by atoms with Crippen molar-refractivity contribution < 1.29 is 13.5 Å². The molecule has 0 aromatic heterocycles. The van der Waals surface area contributed by atoms with Crippen molar-refractivity contribution in [2.24, 2.45) is 0 Å². The first-order valence-electron chi connectivity index (χ1n) is 4.59. The Balaban J connectivity index is 2.66. The molecule has 0 bridgehead atoms. The predicted molar refractivity (Wildman–Crippen MR) is 55.3 cm³/mol. The molecule has 0 N–H and O–H groups in total. The zero-order valence-electron chi connectivity index (χ0n) is 8.15. The molecule has 0 amide bonds. The Bertz CT molecular complexity index is 560. The minimum Gasteiger partial charge on any atom is -0.434 e. The number of rotatable bonds is 2. The van der Waals surface area contributed by atoms with Crippen molar-refractivity contribution in [1.82, 2.24) is 0 Å². The van der Waals surface area contributed by atoms with Gasteiger partial charge in [0.25, 0.3) is 0 Å². The minimum absolute atomic E-state index is 0.0876. The third-order valence-electron chi connectivity index (χ3n) is 2.22. The Labute approximate surface area is 90.7 Å². The Morgan fingerprint density at radius 1 is 1.06 bits per heavy atom. The number of halogens is 2. The van der Waals surface area contributed by atoms with E-state index in [0.717, 1.165) is 0 Å². The van der Waals surface area contributed by atoms with Crippen LogP contribution in [-0.2, 0) is 0 Å². The van der Waals surface area contributed by atoms with Crippen LogP contribution in [0, 0.1) is 11.3 Å². The van der Waals surface area contributed by atoms with Crippen molar-refractivity contribution in [1.29, 1.82) is 5.26 Å².